The highest BCUT2D eigenvalue weighted by atomic mass is 16.5. The summed E-state index contributed by atoms with van der Waals surface area (Å²) in [6.45, 7) is 1.97. The largest absolute Gasteiger partial charge is 0.481 e. The van der Waals surface area contributed by atoms with Crippen molar-refractivity contribution in [3.63, 3.8) is 0 Å². The molecule has 0 bridgehead atoms. The van der Waals surface area contributed by atoms with Crippen molar-refractivity contribution in [2.45, 2.75) is 24.7 Å². The lowest BCUT2D eigenvalue weighted by molar-refractivity contribution is -0.148. The summed E-state index contributed by atoms with van der Waals surface area (Å²) < 4.78 is 10.4. The molecule has 0 amide bonds. The summed E-state index contributed by atoms with van der Waals surface area (Å²) in [6, 6.07) is 19.6. The lowest BCUT2D eigenvalue weighted by Crippen LogP contribution is -2.32. The SMILES string of the molecule is O=C(O)[C@@H]1COCC[C@@H]1c1ccccc1.O=C(O)[C@H]1COCC[C@H]1c1ccccc1. The molecule has 160 valence electrons. The minimum atomic E-state index is -0.761. The van der Waals surface area contributed by atoms with Gasteiger partial charge in [-0.2, -0.15) is 0 Å². The summed E-state index contributed by atoms with van der Waals surface area (Å²) in [7, 11) is 0. The van der Waals surface area contributed by atoms with Crippen molar-refractivity contribution in [1.82, 2.24) is 0 Å². The molecule has 0 aliphatic carbocycles. The van der Waals surface area contributed by atoms with E-state index in [0.717, 1.165) is 24.0 Å². The number of rotatable bonds is 4. The fourth-order valence-electron chi connectivity index (χ4n) is 4.16. The first-order chi connectivity index (χ1) is 14.6. The van der Waals surface area contributed by atoms with Crippen LogP contribution in [-0.2, 0) is 19.1 Å². The highest BCUT2D eigenvalue weighted by Crippen LogP contribution is 2.32. The van der Waals surface area contributed by atoms with Gasteiger partial charge in [0.2, 0.25) is 0 Å². The van der Waals surface area contributed by atoms with E-state index in [1.807, 2.05) is 60.7 Å². The van der Waals surface area contributed by atoms with Crippen LogP contribution in [0.15, 0.2) is 60.7 Å². The molecule has 2 heterocycles. The maximum atomic E-state index is 11.1. The molecule has 4 rings (SSSR count). The van der Waals surface area contributed by atoms with E-state index in [1.165, 1.54) is 0 Å². The van der Waals surface area contributed by atoms with E-state index in [2.05, 4.69) is 0 Å². The molecule has 2 aromatic rings. The number of carbonyl (C=O) groups is 2. The summed E-state index contributed by atoms with van der Waals surface area (Å²) in [5.74, 6) is -2.13. The summed E-state index contributed by atoms with van der Waals surface area (Å²) >= 11 is 0. The molecule has 30 heavy (non-hydrogen) atoms. The number of benzene rings is 2. The molecule has 0 unspecified atom stereocenters. The summed E-state index contributed by atoms with van der Waals surface area (Å²) in [6.07, 6.45) is 1.59. The van der Waals surface area contributed by atoms with Crippen LogP contribution < -0.4 is 0 Å². The maximum absolute atomic E-state index is 11.1. The van der Waals surface area contributed by atoms with Gasteiger partial charge in [0, 0.05) is 25.0 Å². The predicted octanol–water partition coefficient (Wildman–Crippen LogP) is 3.78. The minimum Gasteiger partial charge on any atom is -0.481 e. The van der Waals surface area contributed by atoms with Gasteiger partial charge in [0.15, 0.2) is 0 Å². The zero-order chi connectivity index (χ0) is 21.3. The number of aliphatic carboxylic acids is 2. The molecule has 0 aromatic heterocycles. The number of hydrogen-bond donors (Lipinski definition) is 2. The summed E-state index contributed by atoms with van der Waals surface area (Å²) in [5.41, 5.74) is 2.21. The van der Waals surface area contributed by atoms with E-state index < -0.39 is 23.8 Å². The second-order valence-electron chi connectivity index (χ2n) is 7.65. The molecule has 6 nitrogen and oxygen atoms in total. The fourth-order valence-corrected chi connectivity index (χ4v) is 4.16. The lowest BCUT2D eigenvalue weighted by atomic mass is 9.83. The van der Waals surface area contributed by atoms with Crippen LogP contribution in [0.25, 0.3) is 0 Å². The Balaban J connectivity index is 0.000000171. The Hall–Kier alpha value is -2.70. The third-order valence-electron chi connectivity index (χ3n) is 5.80. The first-order valence-corrected chi connectivity index (χ1v) is 10.3. The van der Waals surface area contributed by atoms with Crippen molar-refractivity contribution in [1.29, 1.82) is 0 Å². The number of carboxylic acid groups (broad SMARTS) is 2. The highest BCUT2D eigenvalue weighted by molar-refractivity contribution is 5.72. The topological polar surface area (TPSA) is 93.1 Å². The van der Waals surface area contributed by atoms with Crippen molar-refractivity contribution in [3.8, 4) is 0 Å². The quantitative estimate of drug-likeness (QED) is 0.794. The smallest absolute Gasteiger partial charge is 0.309 e. The van der Waals surface area contributed by atoms with Crippen LogP contribution in [0.5, 0.6) is 0 Å². The van der Waals surface area contributed by atoms with Crippen LogP contribution in [0.1, 0.15) is 35.8 Å². The Morgan fingerprint density at radius 1 is 0.667 bits per heavy atom. The van der Waals surface area contributed by atoms with E-state index in [9.17, 15) is 9.59 Å². The molecule has 2 saturated heterocycles. The Kier molecular flexibility index (Phi) is 7.99. The molecule has 0 radical (unpaired) electrons. The van der Waals surface area contributed by atoms with Gasteiger partial charge < -0.3 is 19.7 Å². The molecule has 6 heteroatoms. The van der Waals surface area contributed by atoms with Crippen LogP contribution in [0.2, 0.25) is 0 Å². The maximum Gasteiger partial charge on any atom is 0.309 e. The van der Waals surface area contributed by atoms with Gasteiger partial charge in [0.05, 0.1) is 25.0 Å². The van der Waals surface area contributed by atoms with E-state index in [4.69, 9.17) is 19.7 Å². The average molecular weight is 412 g/mol. The van der Waals surface area contributed by atoms with Crippen molar-refractivity contribution in [3.05, 3.63) is 71.8 Å². The van der Waals surface area contributed by atoms with Crippen LogP contribution in [0.4, 0.5) is 0 Å². The van der Waals surface area contributed by atoms with Gasteiger partial charge in [-0.05, 0) is 24.0 Å². The molecule has 0 spiro atoms. The van der Waals surface area contributed by atoms with Crippen molar-refractivity contribution in [2.24, 2.45) is 11.8 Å². The molecular weight excluding hydrogens is 384 g/mol. The van der Waals surface area contributed by atoms with Crippen molar-refractivity contribution < 1.29 is 29.3 Å². The minimum absolute atomic E-state index is 0.0949. The van der Waals surface area contributed by atoms with Gasteiger partial charge in [-0.15, -0.1) is 0 Å². The van der Waals surface area contributed by atoms with Crippen LogP contribution in [-0.4, -0.2) is 48.6 Å². The average Bonchev–Trinajstić information content (AvgIpc) is 2.80. The van der Waals surface area contributed by atoms with Gasteiger partial charge in [0.1, 0.15) is 0 Å². The zero-order valence-electron chi connectivity index (χ0n) is 16.9. The van der Waals surface area contributed by atoms with Crippen LogP contribution >= 0.6 is 0 Å². The number of carboxylic acids is 2. The van der Waals surface area contributed by atoms with Gasteiger partial charge in [0.25, 0.3) is 0 Å². The Bertz CT molecular complexity index is 737. The van der Waals surface area contributed by atoms with Gasteiger partial charge in [-0.25, -0.2) is 0 Å². The Morgan fingerprint density at radius 2 is 1.03 bits per heavy atom. The van der Waals surface area contributed by atoms with Crippen LogP contribution in [0.3, 0.4) is 0 Å². The number of hydrogen-bond acceptors (Lipinski definition) is 4. The molecule has 2 fully saturated rings. The molecule has 2 aliphatic heterocycles. The first-order valence-electron chi connectivity index (χ1n) is 10.3. The third kappa shape index (κ3) is 5.68. The second kappa shape index (κ2) is 10.9. The molecule has 0 saturated carbocycles. The molecule has 2 N–H and O–H groups in total. The monoisotopic (exact) mass is 412 g/mol. The molecule has 2 aliphatic rings. The standard InChI is InChI=1S/2C12H14O3/c2*13-12(14)11-8-15-7-6-10(11)9-4-2-1-3-5-9/h2*1-5,10-11H,6-8H2,(H,13,14)/t2*10-,11-/m10/s1. The third-order valence-corrected chi connectivity index (χ3v) is 5.80. The Labute approximate surface area is 176 Å². The van der Waals surface area contributed by atoms with E-state index in [0.29, 0.717) is 26.4 Å². The highest BCUT2D eigenvalue weighted by Gasteiger charge is 2.33. The Morgan fingerprint density at radius 3 is 1.37 bits per heavy atom. The van der Waals surface area contributed by atoms with Crippen molar-refractivity contribution in [2.75, 3.05) is 26.4 Å². The second-order valence-corrected chi connectivity index (χ2v) is 7.65. The van der Waals surface area contributed by atoms with E-state index >= 15 is 0 Å². The van der Waals surface area contributed by atoms with Crippen molar-refractivity contribution >= 4 is 11.9 Å². The zero-order valence-corrected chi connectivity index (χ0v) is 16.9. The van der Waals surface area contributed by atoms with Gasteiger partial charge in [-0.3, -0.25) is 9.59 Å². The van der Waals surface area contributed by atoms with Gasteiger partial charge in [-0.1, -0.05) is 60.7 Å². The summed E-state index contributed by atoms with van der Waals surface area (Å²) in [4.78, 5) is 22.1. The lowest BCUT2D eigenvalue weighted by Gasteiger charge is -2.28. The molecular formula is C24H28O6. The van der Waals surface area contributed by atoms with Gasteiger partial charge >= 0.3 is 11.9 Å². The van der Waals surface area contributed by atoms with Crippen LogP contribution in [0, 0.1) is 11.8 Å². The fraction of sp³-hybridized carbons (Fsp3) is 0.417. The number of ether oxygens (including phenoxy) is 2. The summed E-state index contributed by atoms with van der Waals surface area (Å²) in [5, 5.41) is 18.2. The molecule has 2 aromatic carbocycles. The first kappa shape index (κ1) is 22.0. The van der Waals surface area contributed by atoms with E-state index in [-0.39, 0.29) is 11.8 Å². The van der Waals surface area contributed by atoms with E-state index in [1.54, 1.807) is 0 Å². The predicted molar refractivity (Wildman–Crippen MR) is 111 cm³/mol. The normalized spacial score (nSPS) is 26.1. The molecule has 4 atom stereocenters.